The Labute approximate surface area is 302 Å². The maximum Gasteiger partial charge on any atom is 0.338 e. The second-order valence-corrected chi connectivity index (χ2v) is 14.8. The summed E-state index contributed by atoms with van der Waals surface area (Å²) >= 11 is 0. The van der Waals surface area contributed by atoms with E-state index in [0.717, 1.165) is 0 Å². The normalized spacial score (nSPS) is 46.5. The van der Waals surface area contributed by atoms with Crippen molar-refractivity contribution in [3.05, 3.63) is 71.8 Å². The Morgan fingerprint density at radius 3 is 2.02 bits per heavy atom. The molecule has 7 N–H and O–H groups in total. The molecule has 5 saturated heterocycles. The molecule has 0 radical (unpaired) electrons. The molecule has 53 heavy (non-hydrogen) atoms. The molecule has 2 aromatic carbocycles. The summed E-state index contributed by atoms with van der Waals surface area (Å²) in [5.74, 6) is -3.59. The van der Waals surface area contributed by atoms with Gasteiger partial charge in [-0.2, -0.15) is 0 Å². The highest BCUT2D eigenvalue weighted by Gasteiger charge is 2.94. The van der Waals surface area contributed by atoms with Crippen molar-refractivity contribution in [1.82, 2.24) is 0 Å². The first-order valence-corrected chi connectivity index (χ1v) is 17.5. The number of carbonyl (C=O) groups excluding carboxylic acids is 2. The topological polar surface area (TPSA) is 250 Å². The van der Waals surface area contributed by atoms with Gasteiger partial charge in [0, 0.05) is 12.3 Å². The minimum atomic E-state index is -1.87. The van der Waals surface area contributed by atoms with E-state index in [-0.39, 0.29) is 25.0 Å². The van der Waals surface area contributed by atoms with Crippen LogP contribution in [0.15, 0.2) is 60.7 Å². The maximum atomic E-state index is 13.1. The Hall–Kier alpha value is -3.14. The third-order valence-corrected chi connectivity index (χ3v) is 11.9. The number of aliphatic hydroxyl groups is 7. The Balaban J connectivity index is 1.07. The van der Waals surface area contributed by atoms with Crippen molar-refractivity contribution in [2.24, 2.45) is 11.3 Å². The minimum absolute atomic E-state index is 0.0259. The van der Waals surface area contributed by atoms with E-state index in [9.17, 15) is 45.3 Å². The first-order valence-electron chi connectivity index (χ1n) is 17.5. The van der Waals surface area contributed by atoms with Crippen LogP contribution in [0, 0.1) is 11.3 Å². The molecular formula is C36H42O17. The number of aliphatic hydroxyl groups excluding tert-OH is 6. The van der Waals surface area contributed by atoms with E-state index in [4.69, 9.17) is 37.9 Å². The fourth-order valence-electron chi connectivity index (χ4n) is 9.16. The van der Waals surface area contributed by atoms with Gasteiger partial charge < -0.3 is 73.6 Å². The van der Waals surface area contributed by atoms with E-state index in [0.29, 0.717) is 5.56 Å². The summed E-state index contributed by atoms with van der Waals surface area (Å²) in [7, 11) is 0. The number of ether oxygens (including phenoxy) is 8. The van der Waals surface area contributed by atoms with Crippen molar-refractivity contribution in [3.8, 4) is 0 Å². The van der Waals surface area contributed by atoms with Crippen LogP contribution in [0.4, 0.5) is 0 Å². The van der Waals surface area contributed by atoms with Gasteiger partial charge in [0.2, 0.25) is 0 Å². The SMILES string of the molecule is CC12CC3(O)OC(O1)C1(COC(=O)c4ccccc4)C3CC21OC1OC(COC(=O)c2ccccc2)C(OC2OC(CO)C(O)C(O)C2O)C(O)C1O. The molecule has 8 fully saturated rings. The first kappa shape index (κ1) is 36.8. The van der Waals surface area contributed by atoms with Crippen LogP contribution in [-0.2, 0) is 37.9 Å². The lowest BCUT2D eigenvalue weighted by Gasteiger charge is -2.67. The van der Waals surface area contributed by atoms with Crippen LogP contribution in [0.2, 0.25) is 0 Å². The van der Waals surface area contributed by atoms with Crippen LogP contribution >= 0.6 is 0 Å². The van der Waals surface area contributed by atoms with Gasteiger partial charge in [-0.05, 0) is 37.6 Å². The van der Waals surface area contributed by atoms with Crippen LogP contribution in [0.1, 0.15) is 40.5 Å². The number of esters is 2. The summed E-state index contributed by atoms with van der Waals surface area (Å²) in [5.41, 5.74) is -3.39. The van der Waals surface area contributed by atoms with Crippen molar-refractivity contribution in [2.75, 3.05) is 19.8 Å². The van der Waals surface area contributed by atoms with Gasteiger partial charge in [-0.15, -0.1) is 0 Å². The van der Waals surface area contributed by atoms with E-state index in [1.165, 1.54) is 12.1 Å². The number of carbonyl (C=O) groups is 2. The molecular weight excluding hydrogens is 704 g/mol. The van der Waals surface area contributed by atoms with Crippen LogP contribution in [-0.4, -0.2) is 152 Å². The van der Waals surface area contributed by atoms with Gasteiger partial charge >= 0.3 is 11.9 Å². The van der Waals surface area contributed by atoms with Crippen molar-refractivity contribution in [3.63, 3.8) is 0 Å². The maximum absolute atomic E-state index is 13.1. The monoisotopic (exact) mass is 746 g/mol. The molecule has 3 saturated carbocycles. The highest BCUT2D eigenvalue weighted by Crippen LogP contribution is 2.81. The van der Waals surface area contributed by atoms with Crippen LogP contribution in [0.5, 0.6) is 0 Å². The van der Waals surface area contributed by atoms with Gasteiger partial charge in [-0.3, -0.25) is 0 Å². The molecule has 0 aromatic heterocycles. The van der Waals surface area contributed by atoms with Crippen LogP contribution in [0.3, 0.4) is 0 Å². The summed E-state index contributed by atoms with van der Waals surface area (Å²) < 4.78 is 47.9. The second-order valence-electron chi connectivity index (χ2n) is 14.8. The van der Waals surface area contributed by atoms with Gasteiger partial charge in [0.25, 0.3) is 0 Å². The molecule has 17 heteroatoms. The minimum Gasteiger partial charge on any atom is -0.461 e. The standard InChI is InChI=1S/C36H42O17/c1-33-15-35(45)21-12-36(33,34(21,32(52-33)53-35)16-47-29(44)18-10-6-3-7-11-18)51-31-26(42)24(40)27(50-30-25(41)23(39)22(38)19(13-37)48-30)20(49-31)14-46-28(43)17-8-4-2-5-9-17/h2-11,19-27,30-32,37-42,45H,12-16H2,1H3. The van der Waals surface area contributed by atoms with Gasteiger partial charge in [0.15, 0.2) is 24.7 Å². The van der Waals surface area contributed by atoms with Gasteiger partial charge in [0.05, 0.1) is 23.1 Å². The fourth-order valence-corrected chi connectivity index (χ4v) is 9.16. The Morgan fingerprint density at radius 1 is 0.774 bits per heavy atom. The largest absolute Gasteiger partial charge is 0.461 e. The number of benzene rings is 2. The Bertz CT molecular complexity index is 1680. The molecule has 6 bridgehead atoms. The van der Waals surface area contributed by atoms with Crippen molar-refractivity contribution in [1.29, 1.82) is 0 Å². The number of hydrogen-bond acceptors (Lipinski definition) is 17. The van der Waals surface area contributed by atoms with E-state index < -0.39 is 121 Å². The quantitative estimate of drug-likeness (QED) is 0.127. The summed E-state index contributed by atoms with van der Waals surface area (Å²) in [6.07, 6.45) is -17.8. The number of hydrogen-bond donors (Lipinski definition) is 7. The molecule has 16 atom stereocenters. The molecule has 16 unspecified atom stereocenters. The first-order chi connectivity index (χ1) is 25.3. The molecule has 2 aromatic rings. The highest BCUT2D eigenvalue weighted by molar-refractivity contribution is 5.89. The lowest BCUT2D eigenvalue weighted by Crippen LogP contribution is -2.81. The fraction of sp³-hybridized carbons (Fsp3) is 0.611. The summed E-state index contributed by atoms with van der Waals surface area (Å²) in [6.45, 7) is 0.0885. The Kier molecular flexibility index (Phi) is 9.21. The zero-order valence-corrected chi connectivity index (χ0v) is 28.5. The average Bonchev–Trinajstić information content (AvgIpc) is 3.35. The lowest BCUT2D eigenvalue weighted by molar-refractivity contribution is -0.428. The van der Waals surface area contributed by atoms with E-state index in [1.807, 2.05) is 0 Å². The van der Waals surface area contributed by atoms with Crippen molar-refractivity contribution in [2.45, 2.75) is 104 Å². The summed E-state index contributed by atoms with van der Waals surface area (Å²) in [4.78, 5) is 26.1. The zero-order chi connectivity index (χ0) is 37.5. The molecule has 0 spiro atoms. The molecule has 5 heterocycles. The molecule has 5 aliphatic heterocycles. The van der Waals surface area contributed by atoms with E-state index >= 15 is 0 Å². The van der Waals surface area contributed by atoms with Crippen LogP contribution < -0.4 is 0 Å². The molecule has 0 amide bonds. The molecule has 8 aliphatic rings. The average molecular weight is 747 g/mol. The van der Waals surface area contributed by atoms with E-state index in [2.05, 4.69) is 0 Å². The summed E-state index contributed by atoms with van der Waals surface area (Å²) in [6, 6.07) is 16.3. The predicted molar refractivity (Wildman–Crippen MR) is 171 cm³/mol. The van der Waals surface area contributed by atoms with Gasteiger partial charge in [0.1, 0.15) is 73.2 Å². The molecule has 3 aliphatic carbocycles. The van der Waals surface area contributed by atoms with Crippen LogP contribution in [0.25, 0.3) is 0 Å². The lowest BCUT2D eigenvalue weighted by atomic mass is 9.41. The van der Waals surface area contributed by atoms with Gasteiger partial charge in [-0.1, -0.05) is 36.4 Å². The Morgan fingerprint density at radius 2 is 1.38 bits per heavy atom. The zero-order valence-electron chi connectivity index (χ0n) is 28.5. The second kappa shape index (κ2) is 13.3. The summed E-state index contributed by atoms with van der Waals surface area (Å²) in [5, 5.41) is 75.6. The third kappa shape index (κ3) is 5.48. The van der Waals surface area contributed by atoms with Gasteiger partial charge in [-0.25, -0.2) is 9.59 Å². The third-order valence-electron chi connectivity index (χ3n) is 11.9. The highest BCUT2D eigenvalue weighted by atomic mass is 16.8. The van der Waals surface area contributed by atoms with Crippen molar-refractivity contribution >= 4 is 11.9 Å². The number of rotatable bonds is 11. The molecule has 17 nitrogen and oxygen atoms in total. The smallest absolute Gasteiger partial charge is 0.338 e. The molecule has 10 rings (SSSR count). The predicted octanol–water partition coefficient (Wildman–Crippen LogP) is -1.67. The van der Waals surface area contributed by atoms with E-state index in [1.54, 1.807) is 55.5 Å². The molecule has 288 valence electrons. The van der Waals surface area contributed by atoms with Crippen molar-refractivity contribution < 1.29 is 83.2 Å².